The van der Waals surface area contributed by atoms with Crippen molar-refractivity contribution < 1.29 is 9.53 Å². The molecule has 0 saturated heterocycles. The highest BCUT2D eigenvalue weighted by Gasteiger charge is 2.15. The fourth-order valence-electron chi connectivity index (χ4n) is 1.58. The molecule has 0 bridgehead atoms. The first kappa shape index (κ1) is 16.0. The number of anilines is 1. The zero-order chi connectivity index (χ0) is 15.2. The maximum absolute atomic E-state index is 11.4. The van der Waals surface area contributed by atoms with Crippen LogP contribution in [0.2, 0.25) is 0 Å². The van der Waals surface area contributed by atoms with Crippen LogP contribution < -0.4 is 11.1 Å². The monoisotopic (exact) mass is 277 g/mol. The number of ether oxygens (including phenoxy) is 1. The van der Waals surface area contributed by atoms with Crippen LogP contribution in [0.15, 0.2) is 18.2 Å². The fraction of sp³-hybridized carbons (Fsp3) is 0.467. The number of aryl methyl sites for hydroxylation is 1. The molecule has 1 heterocycles. The quantitative estimate of drug-likeness (QED) is 0.830. The minimum atomic E-state index is -0.469. The average molecular weight is 277 g/mol. The second-order valence-corrected chi connectivity index (χ2v) is 5.61. The first-order chi connectivity index (χ1) is 9.26. The van der Waals surface area contributed by atoms with Crippen molar-refractivity contribution in [1.82, 2.24) is 10.3 Å². The van der Waals surface area contributed by atoms with Gasteiger partial charge in [0, 0.05) is 6.54 Å². The molecule has 0 spiro atoms. The van der Waals surface area contributed by atoms with Crippen LogP contribution in [0, 0.1) is 6.92 Å². The summed E-state index contributed by atoms with van der Waals surface area (Å²) in [5, 5.41) is 2.69. The predicted molar refractivity (Wildman–Crippen MR) is 81.3 cm³/mol. The highest BCUT2D eigenvalue weighted by molar-refractivity contribution is 5.67. The molecule has 1 aromatic heterocycles. The lowest BCUT2D eigenvalue weighted by Gasteiger charge is -2.19. The van der Waals surface area contributed by atoms with Crippen LogP contribution in [-0.4, -0.2) is 23.2 Å². The lowest BCUT2D eigenvalue weighted by molar-refractivity contribution is 0.0529. The lowest BCUT2D eigenvalue weighted by atomic mass is 10.2. The van der Waals surface area contributed by atoms with Gasteiger partial charge in [0.1, 0.15) is 11.4 Å². The summed E-state index contributed by atoms with van der Waals surface area (Å²) in [6.45, 7) is 7.99. The van der Waals surface area contributed by atoms with E-state index in [0.717, 1.165) is 11.3 Å². The Hall–Kier alpha value is -2.04. The minimum absolute atomic E-state index is 0.399. The van der Waals surface area contributed by atoms with Gasteiger partial charge in [-0.05, 0) is 57.9 Å². The van der Waals surface area contributed by atoms with Crippen molar-refractivity contribution in [3.63, 3.8) is 0 Å². The van der Waals surface area contributed by atoms with Crippen molar-refractivity contribution in [2.45, 2.75) is 39.7 Å². The molecule has 3 N–H and O–H groups in total. The highest BCUT2D eigenvalue weighted by Crippen LogP contribution is 2.08. The van der Waals surface area contributed by atoms with Gasteiger partial charge in [-0.25, -0.2) is 9.78 Å². The Morgan fingerprint density at radius 1 is 1.45 bits per heavy atom. The molecule has 0 aromatic carbocycles. The number of nitrogens with one attached hydrogen (secondary N) is 1. The van der Waals surface area contributed by atoms with E-state index in [1.807, 2.05) is 52.0 Å². The van der Waals surface area contributed by atoms with Crippen LogP contribution in [0.4, 0.5) is 10.6 Å². The molecule has 5 nitrogen and oxygen atoms in total. The normalized spacial score (nSPS) is 11.6. The summed E-state index contributed by atoms with van der Waals surface area (Å²) in [6.07, 6.45) is 4.14. The Morgan fingerprint density at radius 3 is 2.75 bits per heavy atom. The topological polar surface area (TPSA) is 77.2 Å². The lowest BCUT2D eigenvalue weighted by Crippen LogP contribution is -2.32. The number of rotatable bonds is 4. The summed E-state index contributed by atoms with van der Waals surface area (Å²) in [4.78, 5) is 15.6. The Bertz CT molecular complexity index is 470. The fourth-order valence-corrected chi connectivity index (χ4v) is 1.58. The van der Waals surface area contributed by atoms with Crippen molar-refractivity contribution in [3.8, 4) is 0 Å². The average Bonchev–Trinajstić information content (AvgIpc) is 2.24. The number of hydrogen-bond donors (Lipinski definition) is 2. The first-order valence-corrected chi connectivity index (χ1v) is 6.64. The molecule has 0 fully saturated rings. The van der Waals surface area contributed by atoms with Gasteiger partial charge in [0.15, 0.2) is 0 Å². The zero-order valence-corrected chi connectivity index (χ0v) is 12.6. The predicted octanol–water partition coefficient (Wildman–Crippen LogP) is 2.90. The number of hydrogen-bond acceptors (Lipinski definition) is 4. The number of amides is 1. The number of carbonyl (C=O) groups excluding carboxylic acids is 1. The van der Waals surface area contributed by atoms with E-state index in [1.54, 1.807) is 0 Å². The molecule has 5 heteroatoms. The Kier molecular flexibility index (Phi) is 5.55. The summed E-state index contributed by atoms with van der Waals surface area (Å²) >= 11 is 0. The maximum atomic E-state index is 11.4. The van der Waals surface area contributed by atoms with Crippen LogP contribution in [-0.2, 0) is 4.74 Å². The van der Waals surface area contributed by atoms with Gasteiger partial charge in [0.05, 0.1) is 5.69 Å². The van der Waals surface area contributed by atoms with E-state index in [2.05, 4.69) is 10.3 Å². The summed E-state index contributed by atoms with van der Waals surface area (Å²) < 4.78 is 5.13. The summed E-state index contributed by atoms with van der Waals surface area (Å²) in [5.74, 6) is 0.511. The van der Waals surface area contributed by atoms with E-state index in [1.165, 1.54) is 0 Å². The molecule has 1 aromatic rings. The van der Waals surface area contributed by atoms with Gasteiger partial charge in [0.25, 0.3) is 0 Å². The SMILES string of the molecule is Cc1cc(N)nc(C=CCCNC(=O)OC(C)(C)C)c1. The second kappa shape index (κ2) is 6.93. The van der Waals surface area contributed by atoms with Crippen LogP contribution in [0.25, 0.3) is 6.08 Å². The van der Waals surface area contributed by atoms with E-state index < -0.39 is 11.7 Å². The molecule has 1 rings (SSSR count). The molecule has 0 aliphatic carbocycles. The third-order valence-electron chi connectivity index (χ3n) is 2.28. The Balaban J connectivity index is 2.34. The summed E-state index contributed by atoms with van der Waals surface area (Å²) in [5.41, 5.74) is 7.09. The van der Waals surface area contributed by atoms with Crippen molar-refractivity contribution in [3.05, 3.63) is 29.5 Å². The van der Waals surface area contributed by atoms with E-state index in [9.17, 15) is 4.79 Å². The van der Waals surface area contributed by atoms with Gasteiger partial charge in [-0.3, -0.25) is 0 Å². The highest BCUT2D eigenvalue weighted by atomic mass is 16.6. The van der Waals surface area contributed by atoms with Gasteiger partial charge in [-0.15, -0.1) is 0 Å². The van der Waals surface area contributed by atoms with Crippen LogP contribution in [0.3, 0.4) is 0 Å². The maximum Gasteiger partial charge on any atom is 0.407 e. The third kappa shape index (κ3) is 6.78. The van der Waals surface area contributed by atoms with E-state index in [0.29, 0.717) is 18.8 Å². The molecular formula is C15H23N3O2. The molecule has 110 valence electrons. The molecule has 0 unspecified atom stereocenters. The van der Waals surface area contributed by atoms with Gasteiger partial charge < -0.3 is 15.8 Å². The molecule has 0 saturated carbocycles. The number of nitrogens with two attached hydrogens (primary N) is 1. The van der Waals surface area contributed by atoms with Gasteiger partial charge in [0.2, 0.25) is 0 Å². The Labute approximate surface area is 120 Å². The summed E-state index contributed by atoms with van der Waals surface area (Å²) in [7, 11) is 0. The second-order valence-electron chi connectivity index (χ2n) is 5.61. The third-order valence-corrected chi connectivity index (χ3v) is 2.28. The number of pyridine rings is 1. The number of nitrogens with zero attached hydrogens (tertiary/aromatic N) is 1. The summed E-state index contributed by atoms with van der Waals surface area (Å²) in [6, 6.07) is 3.77. The molecule has 0 radical (unpaired) electrons. The minimum Gasteiger partial charge on any atom is -0.444 e. The van der Waals surface area contributed by atoms with Crippen LogP contribution >= 0.6 is 0 Å². The molecule has 20 heavy (non-hydrogen) atoms. The van der Waals surface area contributed by atoms with E-state index >= 15 is 0 Å². The standard InChI is InChI=1S/C15H23N3O2/c1-11-9-12(18-13(16)10-11)7-5-6-8-17-14(19)20-15(2,3)4/h5,7,9-10H,6,8H2,1-4H3,(H2,16,18)(H,17,19). The van der Waals surface area contributed by atoms with Crippen molar-refractivity contribution in [1.29, 1.82) is 0 Å². The van der Waals surface area contributed by atoms with Crippen molar-refractivity contribution in [2.75, 3.05) is 12.3 Å². The largest absolute Gasteiger partial charge is 0.444 e. The number of aromatic nitrogens is 1. The molecular weight excluding hydrogens is 254 g/mol. The van der Waals surface area contributed by atoms with Gasteiger partial charge >= 0.3 is 6.09 Å². The van der Waals surface area contributed by atoms with Gasteiger partial charge in [-0.2, -0.15) is 0 Å². The molecule has 0 aliphatic rings. The smallest absolute Gasteiger partial charge is 0.407 e. The first-order valence-electron chi connectivity index (χ1n) is 6.64. The van der Waals surface area contributed by atoms with E-state index in [4.69, 9.17) is 10.5 Å². The molecule has 0 aliphatic heterocycles. The van der Waals surface area contributed by atoms with Crippen molar-refractivity contribution >= 4 is 18.0 Å². The Morgan fingerprint density at radius 2 is 2.15 bits per heavy atom. The number of alkyl carbamates (subject to hydrolysis) is 1. The van der Waals surface area contributed by atoms with Crippen molar-refractivity contribution in [2.24, 2.45) is 0 Å². The van der Waals surface area contributed by atoms with Crippen LogP contribution in [0.1, 0.15) is 38.4 Å². The van der Waals surface area contributed by atoms with Gasteiger partial charge in [-0.1, -0.05) is 6.08 Å². The molecule has 0 atom stereocenters. The molecule has 1 amide bonds. The van der Waals surface area contributed by atoms with Crippen LogP contribution in [0.5, 0.6) is 0 Å². The number of carbonyl (C=O) groups is 1. The van der Waals surface area contributed by atoms with E-state index in [-0.39, 0.29) is 0 Å². The number of nitrogen functional groups attached to an aromatic ring is 1. The zero-order valence-electron chi connectivity index (χ0n) is 12.6.